The van der Waals surface area contributed by atoms with Crippen LogP contribution in [0.1, 0.15) is 12.5 Å². The van der Waals surface area contributed by atoms with E-state index in [9.17, 15) is 32.9 Å². The van der Waals surface area contributed by atoms with E-state index in [1.807, 2.05) is 0 Å². The van der Waals surface area contributed by atoms with Gasteiger partial charge in [0.25, 0.3) is 5.69 Å². The molecule has 0 aliphatic heterocycles. The second kappa shape index (κ2) is 6.73. The van der Waals surface area contributed by atoms with Crippen LogP contribution in [0.3, 0.4) is 0 Å². The zero-order valence-corrected chi connectivity index (χ0v) is 12.4. The SMILES string of the molecule is CCOC(=O)C(=O)Nc1c([N+](=O)[O-])cc(Br)cc1C(F)(F)F. The Labute approximate surface area is 129 Å². The molecule has 0 saturated carbocycles. The molecule has 0 bridgehead atoms. The van der Waals surface area contributed by atoms with Crippen molar-refractivity contribution >= 4 is 39.2 Å². The Morgan fingerprint density at radius 1 is 1.41 bits per heavy atom. The first kappa shape index (κ1) is 17.9. The second-order valence-corrected chi connectivity index (χ2v) is 4.69. The van der Waals surface area contributed by atoms with Crippen LogP contribution in [0, 0.1) is 10.1 Å². The van der Waals surface area contributed by atoms with Crippen LogP contribution in [0.5, 0.6) is 0 Å². The Morgan fingerprint density at radius 3 is 2.45 bits per heavy atom. The topological polar surface area (TPSA) is 98.5 Å². The van der Waals surface area contributed by atoms with Crippen LogP contribution < -0.4 is 5.32 Å². The third-order valence-electron chi connectivity index (χ3n) is 2.28. The molecule has 0 atom stereocenters. The molecule has 1 N–H and O–H groups in total. The van der Waals surface area contributed by atoms with Gasteiger partial charge in [-0.1, -0.05) is 15.9 Å². The number of hydrogen-bond acceptors (Lipinski definition) is 5. The number of rotatable bonds is 3. The molecule has 120 valence electrons. The Bertz CT molecular complexity index is 633. The maximum atomic E-state index is 13.0. The third-order valence-corrected chi connectivity index (χ3v) is 2.74. The molecule has 11 heteroatoms. The second-order valence-electron chi connectivity index (χ2n) is 3.78. The summed E-state index contributed by atoms with van der Waals surface area (Å²) in [6.07, 6.45) is -4.98. The van der Waals surface area contributed by atoms with Crippen molar-refractivity contribution in [2.24, 2.45) is 0 Å². The molecule has 0 radical (unpaired) electrons. The van der Waals surface area contributed by atoms with Crippen molar-refractivity contribution in [1.82, 2.24) is 0 Å². The molecule has 0 aliphatic rings. The molecule has 1 rings (SSSR count). The number of amides is 1. The number of nitrogens with one attached hydrogen (secondary N) is 1. The van der Waals surface area contributed by atoms with Crippen molar-refractivity contribution in [2.75, 3.05) is 11.9 Å². The van der Waals surface area contributed by atoms with Crippen molar-refractivity contribution in [3.8, 4) is 0 Å². The van der Waals surface area contributed by atoms with Crippen LogP contribution in [-0.4, -0.2) is 23.4 Å². The minimum Gasteiger partial charge on any atom is -0.459 e. The highest BCUT2D eigenvalue weighted by atomic mass is 79.9. The van der Waals surface area contributed by atoms with E-state index >= 15 is 0 Å². The predicted molar refractivity (Wildman–Crippen MR) is 71.1 cm³/mol. The van der Waals surface area contributed by atoms with Gasteiger partial charge in [0.05, 0.1) is 17.1 Å². The summed E-state index contributed by atoms with van der Waals surface area (Å²) < 4.78 is 43.0. The van der Waals surface area contributed by atoms with E-state index in [2.05, 4.69) is 20.7 Å². The van der Waals surface area contributed by atoms with E-state index in [4.69, 9.17) is 0 Å². The van der Waals surface area contributed by atoms with Crippen LogP contribution in [-0.2, 0) is 20.5 Å². The van der Waals surface area contributed by atoms with Gasteiger partial charge in [-0.15, -0.1) is 0 Å². The molecule has 0 aromatic heterocycles. The number of nitrogens with zero attached hydrogens (tertiary/aromatic N) is 1. The van der Waals surface area contributed by atoms with E-state index in [0.29, 0.717) is 6.07 Å². The van der Waals surface area contributed by atoms with Crippen molar-refractivity contribution < 1.29 is 32.4 Å². The van der Waals surface area contributed by atoms with Crippen LogP contribution in [0.15, 0.2) is 16.6 Å². The van der Waals surface area contributed by atoms with Gasteiger partial charge in [0.15, 0.2) is 0 Å². The maximum Gasteiger partial charge on any atom is 0.418 e. The Hall–Kier alpha value is -2.17. The molecule has 22 heavy (non-hydrogen) atoms. The van der Waals surface area contributed by atoms with Crippen molar-refractivity contribution in [1.29, 1.82) is 0 Å². The van der Waals surface area contributed by atoms with Gasteiger partial charge in [0.2, 0.25) is 0 Å². The fraction of sp³-hybridized carbons (Fsp3) is 0.273. The number of anilines is 1. The summed E-state index contributed by atoms with van der Waals surface area (Å²) in [6, 6.07) is 1.32. The lowest BCUT2D eigenvalue weighted by Crippen LogP contribution is -2.27. The van der Waals surface area contributed by atoms with Crippen molar-refractivity contribution in [3.63, 3.8) is 0 Å². The fourth-order valence-corrected chi connectivity index (χ4v) is 1.90. The first-order valence-corrected chi connectivity index (χ1v) is 6.40. The Kier molecular flexibility index (Phi) is 5.47. The molecule has 1 aromatic carbocycles. The monoisotopic (exact) mass is 384 g/mol. The Balaban J connectivity index is 3.40. The van der Waals surface area contributed by atoms with E-state index in [0.717, 1.165) is 6.07 Å². The zero-order valence-electron chi connectivity index (χ0n) is 10.9. The van der Waals surface area contributed by atoms with E-state index in [-0.39, 0.29) is 11.1 Å². The first-order valence-electron chi connectivity index (χ1n) is 5.61. The number of halogens is 4. The number of alkyl halides is 3. The summed E-state index contributed by atoms with van der Waals surface area (Å²) in [7, 11) is 0. The Morgan fingerprint density at radius 2 is 2.00 bits per heavy atom. The van der Waals surface area contributed by atoms with E-state index < -0.39 is 39.9 Å². The molecule has 1 amide bonds. The number of benzene rings is 1. The highest BCUT2D eigenvalue weighted by molar-refractivity contribution is 9.10. The fourth-order valence-electron chi connectivity index (χ4n) is 1.45. The molecule has 0 aliphatic carbocycles. The van der Waals surface area contributed by atoms with Gasteiger partial charge in [0.1, 0.15) is 5.69 Å². The first-order chi connectivity index (χ1) is 10.1. The van der Waals surface area contributed by atoms with Gasteiger partial charge >= 0.3 is 18.1 Å². The summed E-state index contributed by atoms with van der Waals surface area (Å²) >= 11 is 2.72. The van der Waals surface area contributed by atoms with Gasteiger partial charge in [-0.3, -0.25) is 14.9 Å². The normalized spacial score (nSPS) is 11.0. The standard InChI is InChI=1S/C11H8BrF3N2O5/c1-2-22-10(19)9(18)16-8-6(11(13,14)15)3-5(12)4-7(8)17(20)21/h3-4H,2H2,1H3,(H,16,18). The number of nitro benzene ring substituents is 1. The average molecular weight is 385 g/mol. The van der Waals surface area contributed by atoms with Gasteiger partial charge in [-0.05, 0) is 13.0 Å². The lowest BCUT2D eigenvalue weighted by Gasteiger charge is -2.14. The predicted octanol–water partition coefficient (Wildman–Crippen LogP) is 2.88. The van der Waals surface area contributed by atoms with Gasteiger partial charge in [0, 0.05) is 10.5 Å². The smallest absolute Gasteiger partial charge is 0.418 e. The summed E-state index contributed by atoms with van der Waals surface area (Å²) in [6.45, 7) is 1.20. The molecular weight excluding hydrogens is 377 g/mol. The number of carbonyl (C=O) groups excluding carboxylic acids is 2. The van der Waals surface area contributed by atoms with Crippen LogP contribution in [0.2, 0.25) is 0 Å². The number of hydrogen-bond donors (Lipinski definition) is 1. The van der Waals surface area contributed by atoms with Crippen LogP contribution in [0.25, 0.3) is 0 Å². The van der Waals surface area contributed by atoms with Crippen molar-refractivity contribution in [2.45, 2.75) is 13.1 Å². The molecule has 0 saturated heterocycles. The lowest BCUT2D eigenvalue weighted by atomic mass is 10.1. The van der Waals surface area contributed by atoms with E-state index in [1.54, 1.807) is 5.32 Å². The van der Waals surface area contributed by atoms with Crippen LogP contribution >= 0.6 is 15.9 Å². The quantitative estimate of drug-likeness (QED) is 0.374. The minimum absolute atomic E-state index is 0.180. The van der Waals surface area contributed by atoms with Gasteiger partial charge < -0.3 is 10.1 Å². The number of ether oxygens (including phenoxy) is 1. The molecule has 0 spiro atoms. The highest BCUT2D eigenvalue weighted by Gasteiger charge is 2.38. The molecule has 0 fully saturated rings. The molecule has 1 aromatic rings. The molecule has 0 heterocycles. The average Bonchev–Trinajstić information content (AvgIpc) is 2.38. The summed E-state index contributed by atoms with van der Waals surface area (Å²) in [5.74, 6) is -2.99. The van der Waals surface area contributed by atoms with Crippen LogP contribution in [0.4, 0.5) is 24.5 Å². The van der Waals surface area contributed by atoms with Crippen molar-refractivity contribution in [3.05, 3.63) is 32.3 Å². The summed E-state index contributed by atoms with van der Waals surface area (Å²) in [5.41, 5.74) is -3.61. The zero-order chi connectivity index (χ0) is 17.1. The molecular formula is C11H8BrF3N2O5. The summed E-state index contributed by atoms with van der Waals surface area (Å²) in [4.78, 5) is 32.4. The maximum absolute atomic E-state index is 13.0. The van der Waals surface area contributed by atoms with Gasteiger partial charge in [-0.25, -0.2) is 4.79 Å². The molecule has 0 unspecified atom stereocenters. The number of carbonyl (C=O) groups is 2. The molecule has 7 nitrogen and oxygen atoms in total. The largest absolute Gasteiger partial charge is 0.459 e. The lowest BCUT2D eigenvalue weighted by molar-refractivity contribution is -0.384. The third kappa shape index (κ3) is 4.16. The van der Waals surface area contributed by atoms with E-state index in [1.165, 1.54) is 6.92 Å². The highest BCUT2D eigenvalue weighted by Crippen LogP contribution is 2.41. The number of nitro groups is 1. The number of esters is 1. The minimum atomic E-state index is -4.98. The summed E-state index contributed by atoms with van der Waals surface area (Å²) in [5, 5.41) is 12.5. The van der Waals surface area contributed by atoms with Gasteiger partial charge in [-0.2, -0.15) is 13.2 Å².